The average Bonchev–Trinajstić information content (AvgIpc) is 2.62. The standard InChI is InChI=1S/C18H22N4O3/c1-12-3-4-15(25-2)14(9-12)21-16-10-17(20-11-19-16)22-7-5-13(6-8-22)18(23)24/h3-4,9-11,13H,5-8H2,1-2H3,(H,23,24)(H,19,20,21). The van der Waals surface area contributed by atoms with Gasteiger partial charge in [0.2, 0.25) is 0 Å². The van der Waals surface area contributed by atoms with Crippen molar-refractivity contribution < 1.29 is 14.6 Å². The molecule has 2 N–H and O–H groups in total. The van der Waals surface area contributed by atoms with Crippen LogP contribution in [0.2, 0.25) is 0 Å². The zero-order chi connectivity index (χ0) is 17.8. The molecule has 3 rings (SSSR count). The van der Waals surface area contributed by atoms with Crippen LogP contribution < -0.4 is 15.0 Å². The highest BCUT2D eigenvalue weighted by Crippen LogP contribution is 2.29. The molecule has 25 heavy (non-hydrogen) atoms. The van der Waals surface area contributed by atoms with Gasteiger partial charge in [0.05, 0.1) is 18.7 Å². The Labute approximate surface area is 146 Å². The molecule has 1 aromatic carbocycles. The average molecular weight is 342 g/mol. The van der Waals surface area contributed by atoms with Crippen LogP contribution in [0.25, 0.3) is 0 Å². The summed E-state index contributed by atoms with van der Waals surface area (Å²) < 4.78 is 5.38. The summed E-state index contributed by atoms with van der Waals surface area (Å²) >= 11 is 0. The van der Waals surface area contributed by atoms with Crippen molar-refractivity contribution in [3.63, 3.8) is 0 Å². The number of benzene rings is 1. The smallest absolute Gasteiger partial charge is 0.306 e. The summed E-state index contributed by atoms with van der Waals surface area (Å²) in [6, 6.07) is 7.78. The minimum absolute atomic E-state index is 0.257. The van der Waals surface area contributed by atoms with Gasteiger partial charge in [0.25, 0.3) is 0 Å². The quantitative estimate of drug-likeness (QED) is 0.864. The monoisotopic (exact) mass is 342 g/mol. The number of carboxylic acid groups (broad SMARTS) is 1. The molecule has 2 aromatic rings. The molecule has 0 spiro atoms. The number of piperidine rings is 1. The lowest BCUT2D eigenvalue weighted by Crippen LogP contribution is -2.36. The number of nitrogens with one attached hydrogen (secondary N) is 1. The van der Waals surface area contributed by atoms with Crippen molar-refractivity contribution in [2.45, 2.75) is 19.8 Å². The van der Waals surface area contributed by atoms with E-state index < -0.39 is 5.97 Å². The van der Waals surface area contributed by atoms with Crippen LogP contribution in [0.4, 0.5) is 17.3 Å². The number of methoxy groups -OCH3 is 1. The predicted octanol–water partition coefficient (Wildman–Crippen LogP) is 2.84. The largest absolute Gasteiger partial charge is 0.495 e. The van der Waals surface area contributed by atoms with E-state index in [1.165, 1.54) is 6.33 Å². The maximum Gasteiger partial charge on any atom is 0.306 e. The number of hydrogen-bond acceptors (Lipinski definition) is 6. The van der Waals surface area contributed by atoms with Crippen LogP contribution in [0.5, 0.6) is 5.75 Å². The second kappa shape index (κ2) is 7.38. The number of anilines is 3. The van der Waals surface area contributed by atoms with Crippen LogP contribution in [0.1, 0.15) is 18.4 Å². The minimum Gasteiger partial charge on any atom is -0.495 e. The zero-order valence-electron chi connectivity index (χ0n) is 14.4. The van der Waals surface area contributed by atoms with Gasteiger partial charge in [-0.3, -0.25) is 4.79 Å². The van der Waals surface area contributed by atoms with Crippen molar-refractivity contribution in [1.29, 1.82) is 0 Å². The van der Waals surface area contributed by atoms with E-state index in [1.54, 1.807) is 7.11 Å². The maximum absolute atomic E-state index is 11.1. The van der Waals surface area contributed by atoms with Crippen LogP contribution in [-0.4, -0.2) is 41.2 Å². The highest BCUT2D eigenvalue weighted by molar-refractivity contribution is 5.70. The Hall–Kier alpha value is -2.83. The third kappa shape index (κ3) is 3.99. The first-order valence-electron chi connectivity index (χ1n) is 8.28. The van der Waals surface area contributed by atoms with Crippen molar-refractivity contribution in [2.24, 2.45) is 5.92 Å². The second-order valence-corrected chi connectivity index (χ2v) is 6.19. The van der Waals surface area contributed by atoms with Gasteiger partial charge in [-0.05, 0) is 37.5 Å². The molecule has 1 aliphatic heterocycles. The number of rotatable bonds is 5. The number of carbonyl (C=O) groups is 1. The van der Waals surface area contributed by atoms with Crippen molar-refractivity contribution in [3.8, 4) is 5.75 Å². The second-order valence-electron chi connectivity index (χ2n) is 6.19. The Kier molecular flexibility index (Phi) is 5.02. The Balaban J connectivity index is 1.74. The van der Waals surface area contributed by atoms with Gasteiger partial charge in [-0.15, -0.1) is 0 Å². The number of carboxylic acids is 1. The third-order valence-electron chi connectivity index (χ3n) is 4.44. The predicted molar refractivity (Wildman–Crippen MR) is 95.6 cm³/mol. The molecule has 0 aliphatic carbocycles. The van der Waals surface area contributed by atoms with Crippen LogP contribution in [0.15, 0.2) is 30.6 Å². The fourth-order valence-corrected chi connectivity index (χ4v) is 3.00. The zero-order valence-corrected chi connectivity index (χ0v) is 14.4. The molecule has 1 saturated heterocycles. The molecule has 0 saturated carbocycles. The van der Waals surface area contributed by atoms with Gasteiger partial charge in [0.15, 0.2) is 0 Å². The van der Waals surface area contributed by atoms with Crippen molar-refractivity contribution >= 4 is 23.3 Å². The lowest BCUT2D eigenvalue weighted by atomic mass is 9.97. The fourth-order valence-electron chi connectivity index (χ4n) is 3.00. The number of aryl methyl sites for hydroxylation is 1. The van der Waals surface area contributed by atoms with E-state index >= 15 is 0 Å². The van der Waals surface area contributed by atoms with Crippen LogP contribution in [0, 0.1) is 12.8 Å². The maximum atomic E-state index is 11.1. The summed E-state index contributed by atoms with van der Waals surface area (Å²) in [5, 5.41) is 12.4. The van der Waals surface area contributed by atoms with Gasteiger partial charge in [-0.2, -0.15) is 0 Å². The van der Waals surface area contributed by atoms with E-state index in [-0.39, 0.29) is 5.92 Å². The summed E-state index contributed by atoms with van der Waals surface area (Å²) in [5.74, 6) is 1.25. The Morgan fingerprint density at radius 2 is 2.04 bits per heavy atom. The Morgan fingerprint density at radius 1 is 1.28 bits per heavy atom. The van der Waals surface area contributed by atoms with Crippen molar-refractivity contribution in [3.05, 3.63) is 36.2 Å². The van der Waals surface area contributed by atoms with Gasteiger partial charge >= 0.3 is 5.97 Å². The van der Waals surface area contributed by atoms with E-state index in [1.807, 2.05) is 31.2 Å². The molecule has 7 heteroatoms. The van der Waals surface area contributed by atoms with Crippen LogP contribution >= 0.6 is 0 Å². The Bertz CT molecular complexity index is 758. The SMILES string of the molecule is COc1ccc(C)cc1Nc1cc(N2CCC(C(=O)O)CC2)ncn1. The molecule has 132 valence electrons. The first-order valence-corrected chi connectivity index (χ1v) is 8.28. The first-order chi connectivity index (χ1) is 12.1. The number of aromatic nitrogens is 2. The van der Waals surface area contributed by atoms with Gasteiger partial charge in [0.1, 0.15) is 23.7 Å². The normalized spacial score (nSPS) is 15.0. The number of hydrogen-bond donors (Lipinski definition) is 2. The van der Waals surface area contributed by atoms with E-state index in [0.717, 1.165) is 22.8 Å². The van der Waals surface area contributed by atoms with Gasteiger partial charge in [0, 0.05) is 19.2 Å². The summed E-state index contributed by atoms with van der Waals surface area (Å²) in [5.41, 5.74) is 1.96. The lowest BCUT2D eigenvalue weighted by molar-refractivity contribution is -0.142. The highest BCUT2D eigenvalue weighted by Gasteiger charge is 2.25. The molecule has 2 heterocycles. The van der Waals surface area contributed by atoms with E-state index in [9.17, 15) is 4.79 Å². The highest BCUT2D eigenvalue weighted by atomic mass is 16.5. The molecule has 7 nitrogen and oxygen atoms in total. The van der Waals surface area contributed by atoms with Crippen LogP contribution in [-0.2, 0) is 4.79 Å². The molecular formula is C18H22N4O3. The van der Waals surface area contributed by atoms with Gasteiger partial charge in [-0.1, -0.05) is 6.07 Å². The minimum atomic E-state index is -0.712. The van der Waals surface area contributed by atoms with Gasteiger partial charge < -0.3 is 20.1 Å². The summed E-state index contributed by atoms with van der Waals surface area (Å²) in [7, 11) is 1.63. The fraction of sp³-hybridized carbons (Fsp3) is 0.389. The molecular weight excluding hydrogens is 320 g/mol. The first kappa shape index (κ1) is 17.0. The summed E-state index contributed by atoms with van der Waals surface area (Å²) in [6.45, 7) is 3.38. The summed E-state index contributed by atoms with van der Waals surface area (Å²) in [6.07, 6.45) is 2.78. The molecule has 1 aliphatic rings. The topological polar surface area (TPSA) is 87.6 Å². The number of aliphatic carboxylic acids is 1. The number of ether oxygens (including phenoxy) is 1. The molecule has 0 amide bonds. The molecule has 0 unspecified atom stereocenters. The molecule has 0 atom stereocenters. The molecule has 1 fully saturated rings. The van der Waals surface area contributed by atoms with E-state index in [4.69, 9.17) is 9.84 Å². The van der Waals surface area contributed by atoms with Gasteiger partial charge in [-0.25, -0.2) is 9.97 Å². The molecule has 0 bridgehead atoms. The Morgan fingerprint density at radius 3 is 2.72 bits per heavy atom. The summed E-state index contributed by atoms with van der Waals surface area (Å²) in [4.78, 5) is 21.8. The van der Waals surface area contributed by atoms with Crippen molar-refractivity contribution in [1.82, 2.24) is 9.97 Å². The number of nitrogens with zero attached hydrogens (tertiary/aromatic N) is 3. The molecule has 1 aromatic heterocycles. The van der Waals surface area contributed by atoms with E-state index in [2.05, 4.69) is 20.2 Å². The third-order valence-corrected chi connectivity index (χ3v) is 4.44. The van der Waals surface area contributed by atoms with E-state index in [0.29, 0.717) is 31.7 Å². The molecule has 0 radical (unpaired) electrons. The lowest BCUT2D eigenvalue weighted by Gasteiger charge is -2.31. The van der Waals surface area contributed by atoms with Crippen molar-refractivity contribution in [2.75, 3.05) is 30.4 Å². The van der Waals surface area contributed by atoms with Crippen LogP contribution in [0.3, 0.4) is 0 Å².